The third kappa shape index (κ3) is 4.19. The zero-order valence-electron chi connectivity index (χ0n) is 18.5. The molecule has 2 aromatic carbocycles. The second-order valence-corrected chi connectivity index (χ2v) is 8.87. The van der Waals surface area contributed by atoms with Crippen molar-refractivity contribution >= 4 is 11.6 Å². The van der Waals surface area contributed by atoms with Crippen molar-refractivity contribution in [2.75, 3.05) is 57.9 Å². The molecule has 0 aliphatic carbocycles. The van der Waals surface area contributed by atoms with Crippen LogP contribution in [0.3, 0.4) is 0 Å². The van der Waals surface area contributed by atoms with Gasteiger partial charge in [0.25, 0.3) is 0 Å². The maximum atomic E-state index is 13.6. The van der Waals surface area contributed by atoms with Crippen molar-refractivity contribution in [2.45, 2.75) is 19.0 Å². The minimum absolute atomic E-state index is 0.0926. The highest BCUT2D eigenvalue weighted by molar-refractivity contribution is 5.82. The van der Waals surface area contributed by atoms with Crippen LogP contribution in [0, 0.1) is 11.7 Å². The Morgan fingerprint density at radius 1 is 1.09 bits per heavy atom. The molecule has 5 rings (SSSR count). The summed E-state index contributed by atoms with van der Waals surface area (Å²) in [6.45, 7) is 5.84. The van der Waals surface area contributed by atoms with E-state index >= 15 is 0 Å². The number of hydrogen-bond donors (Lipinski definition) is 0. The number of carbonyl (C=O) groups excluding carboxylic acids is 1. The lowest BCUT2D eigenvalue weighted by Crippen LogP contribution is -2.61. The summed E-state index contributed by atoms with van der Waals surface area (Å²) >= 11 is 0. The number of amides is 1. The Morgan fingerprint density at radius 2 is 1.88 bits per heavy atom. The molecule has 0 spiro atoms. The Labute approximate surface area is 188 Å². The average molecular weight is 440 g/mol. The summed E-state index contributed by atoms with van der Waals surface area (Å²) in [4.78, 5) is 20.4. The summed E-state index contributed by atoms with van der Waals surface area (Å²) < 4.78 is 24.3. The van der Waals surface area contributed by atoms with Crippen molar-refractivity contribution < 1.29 is 18.7 Å². The first-order chi connectivity index (χ1) is 15.6. The number of rotatable bonds is 4. The molecular formula is C25H30FN3O3. The molecule has 0 aromatic heterocycles. The normalized spacial score (nSPS) is 23.4. The molecule has 6 nitrogen and oxygen atoms in total. The Bertz CT molecular complexity index is 961. The number of fused-ring (bicyclic) bond motifs is 3. The molecular weight excluding hydrogens is 409 g/mol. The molecule has 0 radical (unpaired) electrons. The standard InChI is InChI=1S/C25H30FN3O3/c1-31-21-7-4-19-14-22(25(30)28-10-12-32-13-11-28)24-17-27(8-9-29(24)23(19)15-21)16-18-2-5-20(26)6-3-18/h2-7,15,22,24H,8-14,16-17H2,1H3. The van der Waals surface area contributed by atoms with Gasteiger partial charge in [0, 0.05) is 51.0 Å². The van der Waals surface area contributed by atoms with E-state index in [1.165, 1.54) is 23.4 Å². The van der Waals surface area contributed by atoms with Gasteiger partial charge in [-0.05, 0) is 35.7 Å². The highest BCUT2D eigenvalue weighted by Gasteiger charge is 2.43. The van der Waals surface area contributed by atoms with Gasteiger partial charge in [-0.2, -0.15) is 0 Å². The van der Waals surface area contributed by atoms with Gasteiger partial charge in [0.15, 0.2) is 0 Å². The first-order valence-corrected chi connectivity index (χ1v) is 11.4. The smallest absolute Gasteiger partial charge is 0.228 e. The summed E-state index contributed by atoms with van der Waals surface area (Å²) in [5, 5.41) is 0. The zero-order valence-corrected chi connectivity index (χ0v) is 18.5. The van der Waals surface area contributed by atoms with Crippen molar-refractivity contribution in [1.29, 1.82) is 0 Å². The number of hydrogen-bond acceptors (Lipinski definition) is 5. The van der Waals surface area contributed by atoms with Crippen molar-refractivity contribution in [1.82, 2.24) is 9.80 Å². The average Bonchev–Trinajstić information content (AvgIpc) is 2.84. The molecule has 3 heterocycles. The molecule has 0 bridgehead atoms. The monoisotopic (exact) mass is 439 g/mol. The Balaban J connectivity index is 1.41. The fourth-order valence-corrected chi connectivity index (χ4v) is 5.26. The molecule has 2 unspecified atom stereocenters. The van der Waals surface area contributed by atoms with E-state index in [0.717, 1.165) is 43.9 Å². The lowest BCUT2D eigenvalue weighted by atomic mass is 9.82. The molecule has 0 N–H and O–H groups in total. The van der Waals surface area contributed by atoms with Crippen molar-refractivity contribution in [3.8, 4) is 5.75 Å². The van der Waals surface area contributed by atoms with Crippen molar-refractivity contribution in [2.24, 2.45) is 5.92 Å². The van der Waals surface area contributed by atoms with Gasteiger partial charge in [-0.3, -0.25) is 9.69 Å². The molecule has 2 aromatic rings. The molecule has 3 aliphatic rings. The molecule has 7 heteroatoms. The molecule has 1 amide bonds. The number of nitrogens with zero attached hydrogens (tertiary/aromatic N) is 3. The largest absolute Gasteiger partial charge is 0.497 e. The van der Waals surface area contributed by atoms with Crippen LogP contribution in [-0.2, 0) is 22.5 Å². The summed E-state index contributed by atoms with van der Waals surface area (Å²) in [5.74, 6) is 0.764. The third-order valence-electron chi connectivity index (χ3n) is 6.97. The maximum absolute atomic E-state index is 13.6. The summed E-state index contributed by atoms with van der Waals surface area (Å²) in [6, 6.07) is 13.0. The van der Waals surface area contributed by atoms with E-state index < -0.39 is 0 Å². The van der Waals surface area contributed by atoms with Crippen molar-refractivity contribution in [3.05, 3.63) is 59.4 Å². The molecule has 170 valence electrons. The van der Waals surface area contributed by atoms with E-state index in [-0.39, 0.29) is 23.7 Å². The number of ether oxygens (including phenoxy) is 2. The van der Waals surface area contributed by atoms with E-state index in [9.17, 15) is 9.18 Å². The highest BCUT2D eigenvalue weighted by Crippen LogP contribution is 2.39. The third-order valence-corrected chi connectivity index (χ3v) is 6.97. The molecule has 2 saturated heterocycles. The van der Waals surface area contributed by atoms with E-state index in [4.69, 9.17) is 9.47 Å². The van der Waals surface area contributed by atoms with Gasteiger partial charge < -0.3 is 19.3 Å². The Hall–Kier alpha value is -2.64. The number of halogens is 1. The van der Waals surface area contributed by atoms with Crippen LogP contribution in [0.5, 0.6) is 5.75 Å². The SMILES string of the molecule is COc1ccc2c(c1)N1CCN(Cc3ccc(F)cc3)CC1C(C(=O)N1CCOCC1)C2. The summed E-state index contributed by atoms with van der Waals surface area (Å²) in [5.41, 5.74) is 3.48. The predicted molar refractivity (Wildman–Crippen MR) is 120 cm³/mol. The quantitative estimate of drug-likeness (QED) is 0.733. The van der Waals surface area contributed by atoms with E-state index in [1.807, 2.05) is 23.1 Å². The van der Waals surface area contributed by atoms with Gasteiger partial charge in [0.1, 0.15) is 11.6 Å². The van der Waals surface area contributed by atoms with Gasteiger partial charge in [0.05, 0.1) is 32.3 Å². The lowest BCUT2D eigenvalue weighted by Gasteiger charge is -2.50. The van der Waals surface area contributed by atoms with Gasteiger partial charge in [-0.15, -0.1) is 0 Å². The topological polar surface area (TPSA) is 45.2 Å². The number of methoxy groups -OCH3 is 1. The lowest BCUT2D eigenvalue weighted by molar-refractivity contribution is -0.141. The van der Waals surface area contributed by atoms with Gasteiger partial charge in [-0.1, -0.05) is 18.2 Å². The van der Waals surface area contributed by atoms with Crippen LogP contribution in [0.4, 0.5) is 10.1 Å². The molecule has 2 atom stereocenters. The highest BCUT2D eigenvalue weighted by atomic mass is 19.1. The van der Waals surface area contributed by atoms with Crippen LogP contribution in [0.1, 0.15) is 11.1 Å². The van der Waals surface area contributed by atoms with Gasteiger partial charge in [0.2, 0.25) is 5.91 Å². The number of carbonyl (C=O) groups is 1. The minimum atomic E-state index is -0.215. The van der Waals surface area contributed by atoms with Crippen LogP contribution in [0.2, 0.25) is 0 Å². The fourth-order valence-electron chi connectivity index (χ4n) is 5.26. The van der Waals surface area contributed by atoms with E-state index in [1.54, 1.807) is 7.11 Å². The van der Waals surface area contributed by atoms with E-state index in [2.05, 4.69) is 21.9 Å². The zero-order chi connectivity index (χ0) is 22.1. The second kappa shape index (κ2) is 9.08. The molecule has 32 heavy (non-hydrogen) atoms. The Kier molecular flexibility index (Phi) is 6.02. The number of piperazine rings is 1. The molecule has 2 fully saturated rings. The van der Waals surface area contributed by atoms with E-state index in [0.29, 0.717) is 26.3 Å². The number of anilines is 1. The van der Waals surface area contributed by atoms with Gasteiger partial charge >= 0.3 is 0 Å². The number of morpholine rings is 1. The fraction of sp³-hybridized carbons (Fsp3) is 0.480. The molecule has 0 saturated carbocycles. The minimum Gasteiger partial charge on any atom is -0.497 e. The van der Waals surface area contributed by atoms with Gasteiger partial charge in [-0.25, -0.2) is 4.39 Å². The first-order valence-electron chi connectivity index (χ1n) is 11.4. The van der Waals surface area contributed by atoms with Crippen LogP contribution in [0.25, 0.3) is 0 Å². The number of benzene rings is 2. The maximum Gasteiger partial charge on any atom is 0.228 e. The van der Waals surface area contributed by atoms with Crippen molar-refractivity contribution in [3.63, 3.8) is 0 Å². The first kappa shape index (κ1) is 21.2. The van der Waals surface area contributed by atoms with Crippen LogP contribution in [0.15, 0.2) is 42.5 Å². The summed E-state index contributed by atoms with van der Waals surface area (Å²) in [7, 11) is 1.69. The van der Waals surface area contributed by atoms with Crippen LogP contribution >= 0.6 is 0 Å². The summed E-state index contributed by atoms with van der Waals surface area (Å²) in [6.07, 6.45) is 0.737. The van der Waals surface area contributed by atoms with Crippen LogP contribution < -0.4 is 9.64 Å². The molecule has 3 aliphatic heterocycles. The Morgan fingerprint density at radius 3 is 2.62 bits per heavy atom. The predicted octanol–water partition coefficient (Wildman–Crippen LogP) is 2.56. The van der Waals surface area contributed by atoms with Crippen LogP contribution in [-0.4, -0.2) is 74.8 Å². The second-order valence-electron chi connectivity index (χ2n) is 8.87.